The van der Waals surface area contributed by atoms with E-state index in [1.54, 1.807) is 24.4 Å². The molecule has 5 heteroatoms. The van der Waals surface area contributed by atoms with E-state index in [0.717, 1.165) is 23.5 Å². The highest BCUT2D eigenvalue weighted by atomic mass is 35.5. The number of nitrogens with zero attached hydrogens (tertiary/aromatic N) is 1. The van der Waals surface area contributed by atoms with Gasteiger partial charge in [0.1, 0.15) is 5.75 Å². The van der Waals surface area contributed by atoms with Gasteiger partial charge in [0.25, 0.3) is 0 Å². The van der Waals surface area contributed by atoms with Crippen molar-refractivity contribution in [3.63, 3.8) is 0 Å². The second-order valence-corrected chi connectivity index (χ2v) is 4.11. The molecule has 2 aromatic rings. The summed E-state index contributed by atoms with van der Waals surface area (Å²) in [5.74, 6) is -0.605. The Hall–Kier alpha value is -2.33. The first-order chi connectivity index (χ1) is 9.15. The fourth-order valence-electron chi connectivity index (χ4n) is 1.45. The van der Waals surface area contributed by atoms with Crippen LogP contribution in [0.3, 0.4) is 0 Å². The lowest BCUT2D eigenvalue weighted by Crippen LogP contribution is -1.90. The zero-order valence-electron chi connectivity index (χ0n) is 9.79. The van der Waals surface area contributed by atoms with Gasteiger partial charge in [-0.2, -0.15) is 0 Å². The fourth-order valence-corrected chi connectivity index (χ4v) is 1.58. The van der Waals surface area contributed by atoms with Crippen molar-refractivity contribution in [2.75, 3.05) is 0 Å². The molecule has 0 unspecified atom stereocenters. The van der Waals surface area contributed by atoms with E-state index >= 15 is 0 Å². The van der Waals surface area contributed by atoms with Gasteiger partial charge in [-0.25, -0.2) is 4.79 Å². The molecule has 19 heavy (non-hydrogen) atoms. The predicted molar refractivity (Wildman–Crippen MR) is 72.1 cm³/mol. The molecule has 1 heterocycles. The standard InChI is InChI=1S/C14H10ClNO3/c15-12-3-1-10(2-4-12)11-7-13(9-16-8-11)19-6-5-14(17)18/h1-9H,(H,17,18). The first kappa shape index (κ1) is 13.1. The average Bonchev–Trinajstić information content (AvgIpc) is 2.39. The van der Waals surface area contributed by atoms with Crippen LogP contribution in [-0.2, 0) is 4.79 Å². The predicted octanol–water partition coefficient (Wildman–Crippen LogP) is 3.38. The molecule has 96 valence electrons. The minimum atomic E-state index is -1.07. The Kier molecular flexibility index (Phi) is 4.15. The fraction of sp³-hybridized carbons (Fsp3) is 0. The van der Waals surface area contributed by atoms with Crippen molar-refractivity contribution in [3.8, 4) is 16.9 Å². The molecule has 0 radical (unpaired) electrons. The molecule has 0 aliphatic heterocycles. The van der Waals surface area contributed by atoms with Crippen molar-refractivity contribution < 1.29 is 14.6 Å². The monoisotopic (exact) mass is 275 g/mol. The number of carbonyl (C=O) groups is 1. The van der Waals surface area contributed by atoms with Gasteiger partial charge in [-0.15, -0.1) is 0 Å². The molecular formula is C14H10ClNO3. The van der Waals surface area contributed by atoms with Gasteiger partial charge in [0.05, 0.1) is 18.5 Å². The van der Waals surface area contributed by atoms with E-state index in [1.165, 1.54) is 6.20 Å². The van der Waals surface area contributed by atoms with Crippen LogP contribution in [0.15, 0.2) is 55.1 Å². The van der Waals surface area contributed by atoms with Crippen LogP contribution >= 0.6 is 11.6 Å². The van der Waals surface area contributed by atoms with E-state index in [9.17, 15) is 4.79 Å². The number of aromatic nitrogens is 1. The van der Waals surface area contributed by atoms with Crippen molar-refractivity contribution in [1.82, 2.24) is 4.98 Å². The quantitative estimate of drug-likeness (QED) is 0.686. The minimum absolute atomic E-state index is 0.463. The Bertz CT molecular complexity index is 608. The normalized spacial score (nSPS) is 10.6. The van der Waals surface area contributed by atoms with E-state index in [4.69, 9.17) is 21.4 Å². The molecule has 0 spiro atoms. The van der Waals surface area contributed by atoms with Crippen molar-refractivity contribution in [2.24, 2.45) is 0 Å². The lowest BCUT2D eigenvalue weighted by molar-refractivity contribution is -0.131. The zero-order valence-corrected chi connectivity index (χ0v) is 10.5. The van der Waals surface area contributed by atoms with Crippen molar-refractivity contribution >= 4 is 17.6 Å². The third kappa shape index (κ3) is 3.82. The average molecular weight is 276 g/mol. The van der Waals surface area contributed by atoms with Crippen LogP contribution in [0.1, 0.15) is 0 Å². The van der Waals surface area contributed by atoms with Crippen LogP contribution in [0.2, 0.25) is 5.02 Å². The van der Waals surface area contributed by atoms with Gasteiger partial charge in [0, 0.05) is 16.8 Å². The minimum Gasteiger partial charge on any atom is -0.478 e. The van der Waals surface area contributed by atoms with Crippen molar-refractivity contribution in [1.29, 1.82) is 0 Å². The van der Waals surface area contributed by atoms with Gasteiger partial charge in [-0.05, 0) is 23.8 Å². The van der Waals surface area contributed by atoms with Crippen molar-refractivity contribution in [2.45, 2.75) is 0 Å². The molecule has 4 nitrogen and oxygen atoms in total. The van der Waals surface area contributed by atoms with E-state index in [2.05, 4.69) is 4.98 Å². The largest absolute Gasteiger partial charge is 0.478 e. The maximum absolute atomic E-state index is 10.3. The molecule has 1 aromatic carbocycles. The molecule has 1 aromatic heterocycles. The Labute approximate surface area is 114 Å². The van der Waals surface area contributed by atoms with Crippen LogP contribution < -0.4 is 4.74 Å². The SMILES string of the molecule is O=C(O)C=COc1cncc(-c2ccc(Cl)cc2)c1. The Balaban J connectivity index is 2.19. The number of pyridine rings is 1. The molecule has 1 N–H and O–H groups in total. The number of hydrogen-bond donors (Lipinski definition) is 1. The summed E-state index contributed by atoms with van der Waals surface area (Å²) in [6.07, 6.45) is 5.21. The lowest BCUT2D eigenvalue weighted by Gasteiger charge is -2.04. The summed E-state index contributed by atoms with van der Waals surface area (Å²) in [5, 5.41) is 9.12. The molecule has 0 saturated carbocycles. The van der Waals surface area contributed by atoms with Crippen LogP contribution in [-0.4, -0.2) is 16.1 Å². The molecule has 0 fully saturated rings. The van der Waals surface area contributed by atoms with E-state index in [0.29, 0.717) is 10.8 Å². The van der Waals surface area contributed by atoms with Gasteiger partial charge in [0.2, 0.25) is 0 Å². The number of aliphatic carboxylic acids is 1. The maximum atomic E-state index is 10.3. The van der Waals surface area contributed by atoms with E-state index in [1.807, 2.05) is 12.1 Å². The van der Waals surface area contributed by atoms with Gasteiger partial charge in [-0.1, -0.05) is 23.7 Å². The highest BCUT2D eigenvalue weighted by Gasteiger charge is 2.00. The molecular weight excluding hydrogens is 266 g/mol. The first-order valence-electron chi connectivity index (χ1n) is 5.42. The molecule has 0 bridgehead atoms. The highest BCUT2D eigenvalue weighted by Crippen LogP contribution is 2.24. The van der Waals surface area contributed by atoms with E-state index in [-0.39, 0.29) is 0 Å². The maximum Gasteiger partial charge on any atom is 0.331 e. The number of halogens is 1. The van der Waals surface area contributed by atoms with Crippen LogP contribution in [0.5, 0.6) is 5.75 Å². The summed E-state index contributed by atoms with van der Waals surface area (Å²) in [4.78, 5) is 14.4. The summed E-state index contributed by atoms with van der Waals surface area (Å²) >= 11 is 5.82. The molecule has 0 aliphatic carbocycles. The van der Waals surface area contributed by atoms with Gasteiger partial charge in [0.15, 0.2) is 0 Å². The number of ether oxygens (including phenoxy) is 1. The number of carboxylic acids is 1. The summed E-state index contributed by atoms with van der Waals surface area (Å²) < 4.78 is 5.15. The van der Waals surface area contributed by atoms with Crippen LogP contribution in [0, 0.1) is 0 Å². The Morgan fingerprint density at radius 2 is 1.95 bits per heavy atom. The second-order valence-electron chi connectivity index (χ2n) is 3.68. The summed E-state index contributed by atoms with van der Waals surface area (Å²) in [7, 11) is 0. The number of benzene rings is 1. The van der Waals surface area contributed by atoms with Gasteiger partial charge < -0.3 is 9.84 Å². The molecule has 2 rings (SSSR count). The lowest BCUT2D eigenvalue weighted by atomic mass is 10.1. The molecule has 0 aliphatic rings. The number of carboxylic acid groups (broad SMARTS) is 1. The van der Waals surface area contributed by atoms with Crippen molar-refractivity contribution in [3.05, 3.63) is 60.1 Å². The smallest absolute Gasteiger partial charge is 0.331 e. The highest BCUT2D eigenvalue weighted by molar-refractivity contribution is 6.30. The third-order valence-corrected chi connectivity index (χ3v) is 2.56. The van der Waals surface area contributed by atoms with Gasteiger partial charge >= 0.3 is 5.97 Å². The molecule has 0 saturated heterocycles. The summed E-state index contributed by atoms with van der Waals surface area (Å²) in [5.41, 5.74) is 1.81. The van der Waals surface area contributed by atoms with Crippen LogP contribution in [0.4, 0.5) is 0 Å². The summed E-state index contributed by atoms with van der Waals surface area (Å²) in [6.45, 7) is 0. The molecule has 0 amide bonds. The number of hydrogen-bond acceptors (Lipinski definition) is 3. The number of rotatable bonds is 4. The first-order valence-corrected chi connectivity index (χ1v) is 5.80. The van der Waals surface area contributed by atoms with Crippen LogP contribution in [0.25, 0.3) is 11.1 Å². The Morgan fingerprint density at radius 1 is 1.21 bits per heavy atom. The van der Waals surface area contributed by atoms with Gasteiger partial charge in [-0.3, -0.25) is 4.98 Å². The second kappa shape index (κ2) is 6.02. The van der Waals surface area contributed by atoms with E-state index < -0.39 is 5.97 Å². The summed E-state index contributed by atoms with van der Waals surface area (Å²) in [6, 6.07) is 9.08. The molecule has 0 atom stereocenters. The third-order valence-electron chi connectivity index (χ3n) is 2.31. The topological polar surface area (TPSA) is 59.4 Å². The zero-order chi connectivity index (χ0) is 13.7. The Morgan fingerprint density at radius 3 is 2.63 bits per heavy atom.